The number of carbonyl (C=O) groups excluding carboxylic acids is 1. The predicted octanol–water partition coefficient (Wildman–Crippen LogP) is 0.760. The molecule has 1 atom stereocenters. The Morgan fingerprint density at radius 1 is 1.62 bits per heavy atom. The summed E-state index contributed by atoms with van der Waals surface area (Å²) in [4.78, 5) is 13.5. The van der Waals surface area contributed by atoms with E-state index >= 15 is 0 Å². The van der Waals surface area contributed by atoms with Gasteiger partial charge in [-0.1, -0.05) is 19.1 Å². The zero-order valence-electron chi connectivity index (χ0n) is 8.20. The van der Waals surface area contributed by atoms with Crippen molar-refractivity contribution in [1.29, 1.82) is 0 Å². The standard InChI is InChI=1S/C10H18N2O/c1-9(8-11)7-10(13)12-5-3-2-4-6-12/h2-3,9H,4-8,11H2,1H3. The molecule has 0 aromatic carbocycles. The topological polar surface area (TPSA) is 46.3 Å². The molecular formula is C10H18N2O. The molecular weight excluding hydrogens is 164 g/mol. The summed E-state index contributed by atoms with van der Waals surface area (Å²) in [5.41, 5.74) is 5.47. The Balaban J connectivity index is 2.34. The van der Waals surface area contributed by atoms with Crippen LogP contribution in [-0.4, -0.2) is 30.4 Å². The van der Waals surface area contributed by atoms with Crippen LogP contribution >= 0.6 is 0 Å². The van der Waals surface area contributed by atoms with Gasteiger partial charge in [0.15, 0.2) is 0 Å². The number of nitrogens with zero attached hydrogens (tertiary/aromatic N) is 1. The van der Waals surface area contributed by atoms with Crippen molar-refractivity contribution in [2.75, 3.05) is 19.6 Å². The Bertz CT molecular complexity index is 201. The van der Waals surface area contributed by atoms with E-state index in [0.29, 0.717) is 18.9 Å². The van der Waals surface area contributed by atoms with Crippen LogP contribution < -0.4 is 5.73 Å². The molecule has 0 saturated heterocycles. The van der Waals surface area contributed by atoms with E-state index in [2.05, 4.69) is 12.2 Å². The summed E-state index contributed by atoms with van der Waals surface area (Å²) in [7, 11) is 0. The molecule has 0 aromatic heterocycles. The molecule has 1 rings (SSSR count). The van der Waals surface area contributed by atoms with Gasteiger partial charge in [0.2, 0.25) is 5.91 Å². The smallest absolute Gasteiger partial charge is 0.223 e. The third kappa shape index (κ3) is 3.19. The molecule has 1 aliphatic heterocycles. The molecule has 0 spiro atoms. The van der Waals surface area contributed by atoms with Crippen molar-refractivity contribution in [1.82, 2.24) is 4.90 Å². The van der Waals surface area contributed by atoms with E-state index in [0.717, 1.165) is 19.5 Å². The molecule has 0 aliphatic carbocycles. The van der Waals surface area contributed by atoms with E-state index in [9.17, 15) is 4.79 Å². The van der Waals surface area contributed by atoms with Crippen LogP contribution in [0.4, 0.5) is 0 Å². The second-order valence-corrected chi connectivity index (χ2v) is 3.64. The van der Waals surface area contributed by atoms with Crippen LogP contribution in [0.25, 0.3) is 0 Å². The number of nitrogens with two attached hydrogens (primary N) is 1. The van der Waals surface area contributed by atoms with Crippen LogP contribution in [0.15, 0.2) is 12.2 Å². The summed E-state index contributed by atoms with van der Waals surface area (Å²) in [5.74, 6) is 0.542. The molecule has 0 radical (unpaired) electrons. The molecule has 0 saturated carbocycles. The first-order valence-corrected chi connectivity index (χ1v) is 4.87. The van der Waals surface area contributed by atoms with E-state index in [1.54, 1.807) is 0 Å². The molecule has 1 heterocycles. The first-order chi connectivity index (χ1) is 6.24. The van der Waals surface area contributed by atoms with Crippen molar-refractivity contribution >= 4 is 5.91 Å². The Morgan fingerprint density at radius 3 is 2.92 bits per heavy atom. The van der Waals surface area contributed by atoms with Gasteiger partial charge in [0, 0.05) is 19.5 Å². The number of hydrogen-bond acceptors (Lipinski definition) is 2. The van der Waals surface area contributed by atoms with Crippen LogP contribution in [-0.2, 0) is 4.79 Å². The Labute approximate surface area is 79.6 Å². The fourth-order valence-corrected chi connectivity index (χ4v) is 1.38. The summed E-state index contributed by atoms with van der Waals surface area (Å²) in [6.45, 7) is 4.25. The molecule has 1 unspecified atom stereocenters. The molecule has 1 amide bonds. The maximum absolute atomic E-state index is 11.6. The van der Waals surface area contributed by atoms with Gasteiger partial charge in [-0.05, 0) is 18.9 Å². The summed E-state index contributed by atoms with van der Waals surface area (Å²) in [6.07, 6.45) is 5.75. The Hall–Kier alpha value is -0.830. The molecule has 0 fully saturated rings. The van der Waals surface area contributed by atoms with Gasteiger partial charge >= 0.3 is 0 Å². The monoisotopic (exact) mass is 182 g/mol. The second-order valence-electron chi connectivity index (χ2n) is 3.64. The van der Waals surface area contributed by atoms with Crippen LogP contribution in [0, 0.1) is 5.92 Å². The molecule has 1 aliphatic rings. The summed E-state index contributed by atoms with van der Waals surface area (Å²) in [5, 5.41) is 0. The van der Waals surface area contributed by atoms with Crippen LogP contribution in [0.5, 0.6) is 0 Å². The van der Waals surface area contributed by atoms with E-state index in [1.807, 2.05) is 11.8 Å². The zero-order chi connectivity index (χ0) is 9.68. The molecule has 0 aromatic rings. The van der Waals surface area contributed by atoms with Crippen LogP contribution in [0.3, 0.4) is 0 Å². The third-order valence-corrected chi connectivity index (χ3v) is 2.34. The lowest BCUT2D eigenvalue weighted by atomic mass is 10.1. The maximum Gasteiger partial charge on any atom is 0.223 e. The minimum absolute atomic E-state index is 0.238. The quantitative estimate of drug-likeness (QED) is 0.655. The molecule has 3 heteroatoms. The fraction of sp³-hybridized carbons (Fsp3) is 0.700. The minimum Gasteiger partial charge on any atom is -0.339 e. The second kappa shape index (κ2) is 5.02. The van der Waals surface area contributed by atoms with Gasteiger partial charge in [-0.3, -0.25) is 4.79 Å². The van der Waals surface area contributed by atoms with Gasteiger partial charge < -0.3 is 10.6 Å². The lowest BCUT2D eigenvalue weighted by molar-refractivity contribution is -0.131. The molecule has 3 nitrogen and oxygen atoms in total. The minimum atomic E-state index is 0.238. The summed E-state index contributed by atoms with van der Waals surface area (Å²) >= 11 is 0. The Morgan fingerprint density at radius 2 is 2.38 bits per heavy atom. The van der Waals surface area contributed by atoms with Gasteiger partial charge in [-0.25, -0.2) is 0 Å². The van der Waals surface area contributed by atoms with Gasteiger partial charge in [-0.2, -0.15) is 0 Å². The maximum atomic E-state index is 11.6. The number of carbonyl (C=O) groups is 1. The van der Waals surface area contributed by atoms with Crippen molar-refractivity contribution in [3.63, 3.8) is 0 Å². The van der Waals surface area contributed by atoms with E-state index in [4.69, 9.17) is 5.73 Å². The van der Waals surface area contributed by atoms with E-state index in [-0.39, 0.29) is 5.91 Å². The lowest BCUT2D eigenvalue weighted by Crippen LogP contribution is -2.35. The number of amides is 1. The molecule has 2 N–H and O–H groups in total. The highest BCUT2D eigenvalue weighted by Gasteiger charge is 2.15. The van der Waals surface area contributed by atoms with Gasteiger partial charge in [0.1, 0.15) is 0 Å². The van der Waals surface area contributed by atoms with Gasteiger partial charge in [-0.15, -0.1) is 0 Å². The van der Waals surface area contributed by atoms with E-state index in [1.165, 1.54) is 0 Å². The SMILES string of the molecule is CC(CN)CC(=O)N1CC=CCC1. The van der Waals surface area contributed by atoms with Gasteiger partial charge in [0.05, 0.1) is 0 Å². The highest BCUT2D eigenvalue weighted by atomic mass is 16.2. The van der Waals surface area contributed by atoms with Crippen LogP contribution in [0.2, 0.25) is 0 Å². The fourth-order valence-electron chi connectivity index (χ4n) is 1.38. The molecule has 13 heavy (non-hydrogen) atoms. The first-order valence-electron chi connectivity index (χ1n) is 4.87. The lowest BCUT2D eigenvalue weighted by Gasteiger charge is -2.24. The van der Waals surface area contributed by atoms with Crippen molar-refractivity contribution < 1.29 is 4.79 Å². The first kappa shape index (κ1) is 10.3. The number of rotatable bonds is 3. The summed E-state index contributed by atoms with van der Waals surface area (Å²) < 4.78 is 0. The zero-order valence-corrected chi connectivity index (χ0v) is 8.20. The Kier molecular flexibility index (Phi) is 3.96. The summed E-state index contributed by atoms with van der Waals surface area (Å²) in [6, 6.07) is 0. The predicted molar refractivity (Wildman–Crippen MR) is 53.2 cm³/mol. The van der Waals surface area contributed by atoms with Crippen molar-refractivity contribution in [3.05, 3.63) is 12.2 Å². The largest absolute Gasteiger partial charge is 0.339 e. The highest BCUT2D eigenvalue weighted by molar-refractivity contribution is 5.76. The van der Waals surface area contributed by atoms with E-state index < -0.39 is 0 Å². The van der Waals surface area contributed by atoms with Crippen molar-refractivity contribution in [2.24, 2.45) is 11.7 Å². The highest BCUT2D eigenvalue weighted by Crippen LogP contribution is 2.07. The average Bonchev–Trinajstić information content (AvgIpc) is 2.19. The molecule has 74 valence electrons. The van der Waals surface area contributed by atoms with Crippen molar-refractivity contribution in [2.45, 2.75) is 19.8 Å². The van der Waals surface area contributed by atoms with Gasteiger partial charge in [0.25, 0.3) is 0 Å². The normalized spacial score (nSPS) is 18.8. The molecule has 0 bridgehead atoms. The third-order valence-electron chi connectivity index (χ3n) is 2.34. The van der Waals surface area contributed by atoms with Crippen molar-refractivity contribution in [3.8, 4) is 0 Å². The number of hydrogen-bond donors (Lipinski definition) is 1. The van der Waals surface area contributed by atoms with Crippen LogP contribution in [0.1, 0.15) is 19.8 Å². The average molecular weight is 182 g/mol.